The van der Waals surface area contributed by atoms with Crippen molar-refractivity contribution in [3.05, 3.63) is 52.6 Å². The van der Waals surface area contributed by atoms with E-state index in [2.05, 4.69) is 20.5 Å². The fraction of sp³-hybridized carbons (Fsp3) is 0.593. The number of fused-ring (bicyclic) bond motifs is 1. The van der Waals surface area contributed by atoms with E-state index < -0.39 is 35.5 Å². The van der Waals surface area contributed by atoms with Crippen molar-refractivity contribution in [2.24, 2.45) is 0 Å². The number of benzene rings is 1. The normalized spacial score (nSPS) is 23.7. The Morgan fingerprint density at radius 1 is 1.18 bits per heavy atom. The van der Waals surface area contributed by atoms with Crippen LogP contribution in [0.4, 0.5) is 13.6 Å². The molecule has 11 heteroatoms. The van der Waals surface area contributed by atoms with Gasteiger partial charge in [-0.15, -0.1) is 0 Å². The van der Waals surface area contributed by atoms with Crippen molar-refractivity contribution in [2.45, 2.75) is 96.4 Å². The van der Waals surface area contributed by atoms with Crippen molar-refractivity contribution in [1.29, 1.82) is 0 Å². The summed E-state index contributed by atoms with van der Waals surface area (Å²) >= 11 is 0. The molecule has 0 bridgehead atoms. The number of nitrogens with zero attached hydrogens (tertiary/aromatic N) is 3. The summed E-state index contributed by atoms with van der Waals surface area (Å²) in [4.78, 5) is 32.2. The summed E-state index contributed by atoms with van der Waals surface area (Å²) < 4.78 is 42.2. The molecule has 5 rings (SSSR count). The summed E-state index contributed by atoms with van der Waals surface area (Å²) in [6.07, 6.45) is 0.925. The number of alkyl carbamates (subject to hydrolysis) is 1. The SMILES string of the molecule is CCn1c(C(=O)NC2CC2)nc2c1CN([C@H]1CO[C@H](c3cc(F)ccc3F)[C@@H](NC(=O)OC(C)(C)C)C1)C2. The number of hydrogen-bond donors (Lipinski definition) is 2. The molecule has 1 saturated heterocycles. The maximum Gasteiger partial charge on any atom is 0.407 e. The Morgan fingerprint density at radius 2 is 1.95 bits per heavy atom. The van der Waals surface area contributed by atoms with Gasteiger partial charge in [-0.25, -0.2) is 18.6 Å². The Hall–Kier alpha value is -3.05. The van der Waals surface area contributed by atoms with Crippen molar-refractivity contribution in [3.63, 3.8) is 0 Å². The molecular weight excluding hydrogens is 496 g/mol. The predicted molar refractivity (Wildman–Crippen MR) is 134 cm³/mol. The smallest absolute Gasteiger partial charge is 0.407 e. The van der Waals surface area contributed by atoms with Crippen molar-refractivity contribution in [2.75, 3.05) is 6.61 Å². The summed E-state index contributed by atoms with van der Waals surface area (Å²) in [5.41, 5.74) is 1.18. The minimum atomic E-state index is -0.875. The number of ether oxygens (including phenoxy) is 2. The van der Waals surface area contributed by atoms with Gasteiger partial charge in [-0.1, -0.05) is 0 Å². The number of nitrogens with one attached hydrogen (secondary N) is 2. The van der Waals surface area contributed by atoms with Crippen LogP contribution in [0.5, 0.6) is 0 Å². The van der Waals surface area contributed by atoms with Crippen LogP contribution in [0.3, 0.4) is 0 Å². The van der Waals surface area contributed by atoms with Gasteiger partial charge in [-0.05, 0) is 65.2 Å². The monoisotopic (exact) mass is 531 g/mol. The Kier molecular flexibility index (Phi) is 7.17. The van der Waals surface area contributed by atoms with E-state index in [1.807, 2.05) is 11.5 Å². The topological polar surface area (TPSA) is 97.7 Å². The molecule has 2 N–H and O–H groups in total. The number of rotatable bonds is 6. The van der Waals surface area contributed by atoms with Gasteiger partial charge in [0.05, 0.1) is 24.0 Å². The number of halogens is 2. The van der Waals surface area contributed by atoms with Gasteiger partial charge < -0.3 is 24.7 Å². The molecule has 1 saturated carbocycles. The van der Waals surface area contributed by atoms with E-state index in [1.54, 1.807) is 20.8 Å². The van der Waals surface area contributed by atoms with E-state index in [4.69, 9.17) is 9.47 Å². The molecule has 206 valence electrons. The van der Waals surface area contributed by atoms with Gasteiger partial charge in [0.25, 0.3) is 5.91 Å². The van der Waals surface area contributed by atoms with Crippen molar-refractivity contribution < 1.29 is 27.8 Å². The molecule has 0 unspecified atom stereocenters. The third-order valence-corrected chi connectivity index (χ3v) is 7.14. The van der Waals surface area contributed by atoms with Gasteiger partial charge in [0.2, 0.25) is 0 Å². The predicted octanol–water partition coefficient (Wildman–Crippen LogP) is 3.81. The first-order valence-electron chi connectivity index (χ1n) is 13.2. The van der Waals surface area contributed by atoms with Crippen molar-refractivity contribution >= 4 is 12.0 Å². The number of aromatic nitrogens is 2. The zero-order valence-electron chi connectivity index (χ0n) is 22.2. The quantitative estimate of drug-likeness (QED) is 0.589. The zero-order chi connectivity index (χ0) is 27.2. The molecular formula is C27H35F2N5O4. The Labute approximate surface area is 220 Å². The Morgan fingerprint density at radius 3 is 2.63 bits per heavy atom. The molecule has 3 aliphatic rings. The highest BCUT2D eigenvalue weighted by Gasteiger charge is 2.41. The highest BCUT2D eigenvalue weighted by atomic mass is 19.1. The van der Waals surface area contributed by atoms with Gasteiger partial charge in [0.15, 0.2) is 5.82 Å². The number of carbonyl (C=O) groups excluding carboxylic acids is 2. The maximum atomic E-state index is 14.7. The lowest BCUT2D eigenvalue weighted by atomic mass is 9.92. The number of amides is 2. The Bertz CT molecular complexity index is 1220. The summed E-state index contributed by atoms with van der Waals surface area (Å²) in [5, 5.41) is 5.85. The van der Waals surface area contributed by atoms with Crippen LogP contribution >= 0.6 is 0 Å². The van der Waals surface area contributed by atoms with E-state index >= 15 is 0 Å². The van der Waals surface area contributed by atoms with Crippen LogP contribution in [-0.2, 0) is 29.1 Å². The maximum absolute atomic E-state index is 14.7. The molecule has 9 nitrogen and oxygen atoms in total. The van der Waals surface area contributed by atoms with Crippen LogP contribution in [0.25, 0.3) is 0 Å². The van der Waals surface area contributed by atoms with Crippen molar-refractivity contribution in [3.8, 4) is 0 Å². The van der Waals surface area contributed by atoms with Gasteiger partial charge in [-0.2, -0.15) is 0 Å². The van der Waals surface area contributed by atoms with E-state index in [-0.39, 0.29) is 30.2 Å². The second-order valence-corrected chi connectivity index (χ2v) is 11.3. The second kappa shape index (κ2) is 10.3. The lowest BCUT2D eigenvalue weighted by Gasteiger charge is -2.40. The van der Waals surface area contributed by atoms with Crippen LogP contribution in [-0.4, -0.2) is 56.8 Å². The molecule has 1 aromatic carbocycles. The van der Waals surface area contributed by atoms with Gasteiger partial charge in [0, 0.05) is 37.3 Å². The van der Waals surface area contributed by atoms with E-state index in [1.165, 1.54) is 0 Å². The molecule has 2 aromatic rings. The van der Waals surface area contributed by atoms with Gasteiger partial charge >= 0.3 is 6.09 Å². The van der Waals surface area contributed by atoms with E-state index in [9.17, 15) is 18.4 Å². The van der Waals surface area contributed by atoms with Crippen molar-refractivity contribution in [1.82, 2.24) is 25.1 Å². The lowest BCUT2D eigenvalue weighted by molar-refractivity contribution is -0.0630. The average Bonchev–Trinajstić information content (AvgIpc) is 3.44. The lowest BCUT2D eigenvalue weighted by Crippen LogP contribution is -2.52. The molecule has 3 atom stereocenters. The molecule has 3 heterocycles. The van der Waals surface area contributed by atoms with E-state index in [0.717, 1.165) is 42.4 Å². The number of imidazole rings is 1. The average molecular weight is 532 g/mol. The summed E-state index contributed by atoms with van der Waals surface area (Å²) in [7, 11) is 0. The summed E-state index contributed by atoms with van der Waals surface area (Å²) in [6, 6.07) is 2.70. The first-order chi connectivity index (χ1) is 18.0. The molecule has 0 radical (unpaired) electrons. The van der Waals surface area contributed by atoms with Crippen LogP contribution in [0, 0.1) is 11.6 Å². The third kappa shape index (κ3) is 5.68. The molecule has 2 aliphatic heterocycles. The van der Waals surface area contributed by atoms with Gasteiger partial charge in [-0.3, -0.25) is 9.69 Å². The highest BCUT2D eigenvalue weighted by molar-refractivity contribution is 5.91. The fourth-order valence-electron chi connectivity index (χ4n) is 5.23. The summed E-state index contributed by atoms with van der Waals surface area (Å²) in [6.45, 7) is 9.23. The minimum Gasteiger partial charge on any atom is -0.444 e. The number of hydrogen-bond acceptors (Lipinski definition) is 6. The first-order valence-corrected chi connectivity index (χ1v) is 13.2. The highest BCUT2D eigenvalue weighted by Crippen LogP contribution is 2.35. The third-order valence-electron chi connectivity index (χ3n) is 7.14. The zero-order valence-corrected chi connectivity index (χ0v) is 22.2. The Balaban J connectivity index is 1.33. The van der Waals surface area contributed by atoms with Crippen LogP contribution in [0.15, 0.2) is 18.2 Å². The first kappa shape index (κ1) is 26.6. The fourth-order valence-corrected chi connectivity index (χ4v) is 5.23. The molecule has 2 amide bonds. The molecule has 2 fully saturated rings. The largest absolute Gasteiger partial charge is 0.444 e. The second-order valence-electron chi connectivity index (χ2n) is 11.3. The van der Waals surface area contributed by atoms with E-state index in [0.29, 0.717) is 31.9 Å². The van der Waals surface area contributed by atoms with Crippen LogP contribution in [0.1, 0.15) is 80.6 Å². The minimum absolute atomic E-state index is 0.0552. The molecule has 1 aromatic heterocycles. The molecule has 0 spiro atoms. The molecule has 38 heavy (non-hydrogen) atoms. The van der Waals surface area contributed by atoms with Crippen LogP contribution < -0.4 is 10.6 Å². The number of carbonyl (C=O) groups is 2. The van der Waals surface area contributed by atoms with Gasteiger partial charge in [0.1, 0.15) is 23.3 Å². The summed E-state index contributed by atoms with van der Waals surface area (Å²) in [5.74, 6) is -0.882. The van der Waals surface area contributed by atoms with Crippen LogP contribution in [0.2, 0.25) is 0 Å². The standard InChI is InChI=1S/C27H35F2N5O4/c1-5-34-22-13-33(12-21(22)31-24(34)25(35)30-16-7-8-16)17-11-20(32-26(36)38-27(2,3)4)23(37-14-17)18-10-15(28)6-9-19(18)29/h6,9-10,16-17,20,23H,5,7-8,11-14H2,1-4H3,(H,30,35)(H,32,36)/t17-,20+,23-/m1/s1. The molecule has 1 aliphatic carbocycles.